The Bertz CT molecular complexity index is 679. The second-order valence-corrected chi connectivity index (χ2v) is 6.25. The SMILES string of the molecule is CNCc1cccc(S(=O)(=O)NCc2ccn(C)n2)c1. The van der Waals surface area contributed by atoms with Crippen LogP contribution in [0.15, 0.2) is 41.4 Å². The van der Waals surface area contributed by atoms with Gasteiger partial charge in [-0.2, -0.15) is 5.10 Å². The van der Waals surface area contributed by atoms with Gasteiger partial charge in [-0.05, 0) is 30.8 Å². The third kappa shape index (κ3) is 3.66. The number of sulfonamides is 1. The normalized spacial score (nSPS) is 11.7. The summed E-state index contributed by atoms with van der Waals surface area (Å²) in [6, 6.07) is 8.65. The molecular weight excluding hydrogens is 276 g/mol. The van der Waals surface area contributed by atoms with Gasteiger partial charge in [-0.15, -0.1) is 0 Å². The van der Waals surface area contributed by atoms with E-state index in [9.17, 15) is 8.42 Å². The van der Waals surface area contributed by atoms with Crippen LogP contribution in [-0.4, -0.2) is 25.2 Å². The van der Waals surface area contributed by atoms with Crippen molar-refractivity contribution in [3.8, 4) is 0 Å². The van der Waals surface area contributed by atoms with Gasteiger partial charge in [0.05, 0.1) is 17.1 Å². The summed E-state index contributed by atoms with van der Waals surface area (Å²) in [5.74, 6) is 0. The molecule has 0 fully saturated rings. The summed E-state index contributed by atoms with van der Waals surface area (Å²) in [4.78, 5) is 0.265. The molecule has 2 N–H and O–H groups in total. The lowest BCUT2D eigenvalue weighted by atomic mass is 10.2. The number of nitrogens with one attached hydrogen (secondary N) is 2. The average molecular weight is 294 g/mol. The maximum Gasteiger partial charge on any atom is 0.240 e. The Morgan fingerprint density at radius 1 is 1.25 bits per heavy atom. The zero-order valence-electron chi connectivity index (χ0n) is 11.5. The highest BCUT2D eigenvalue weighted by Gasteiger charge is 2.14. The molecule has 1 aromatic carbocycles. The number of aryl methyl sites for hydroxylation is 1. The van der Waals surface area contributed by atoms with Crippen LogP contribution in [0.4, 0.5) is 0 Å². The first-order chi connectivity index (χ1) is 9.51. The van der Waals surface area contributed by atoms with Gasteiger partial charge in [0.1, 0.15) is 0 Å². The monoisotopic (exact) mass is 294 g/mol. The van der Waals surface area contributed by atoms with Crippen LogP contribution in [0, 0.1) is 0 Å². The fourth-order valence-electron chi connectivity index (χ4n) is 1.84. The summed E-state index contributed by atoms with van der Waals surface area (Å²) >= 11 is 0. The van der Waals surface area contributed by atoms with E-state index in [1.807, 2.05) is 13.1 Å². The molecule has 0 aliphatic heterocycles. The molecule has 0 atom stereocenters. The van der Waals surface area contributed by atoms with E-state index in [4.69, 9.17) is 0 Å². The van der Waals surface area contributed by atoms with Crippen molar-refractivity contribution in [2.24, 2.45) is 7.05 Å². The first-order valence-corrected chi connectivity index (χ1v) is 7.71. The lowest BCUT2D eigenvalue weighted by molar-refractivity contribution is 0.579. The number of nitrogens with zero attached hydrogens (tertiary/aromatic N) is 2. The second kappa shape index (κ2) is 6.17. The summed E-state index contributed by atoms with van der Waals surface area (Å²) in [6.07, 6.45) is 1.77. The van der Waals surface area contributed by atoms with E-state index >= 15 is 0 Å². The Morgan fingerprint density at radius 3 is 2.70 bits per heavy atom. The predicted molar refractivity (Wildman–Crippen MR) is 76.4 cm³/mol. The maximum absolute atomic E-state index is 12.2. The van der Waals surface area contributed by atoms with Gasteiger partial charge in [-0.25, -0.2) is 13.1 Å². The van der Waals surface area contributed by atoms with E-state index in [1.54, 1.807) is 42.2 Å². The maximum atomic E-state index is 12.2. The topological polar surface area (TPSA) is 76.0 Å². The van der Waals surface area contributed by atoms with Gasteiger partial charge in [0.25, 0.3) is 0 Å². The van der Waals surface area contributed by atoms with Crippen LogP contribution < -0.4 is 10.0 Å². The lowest BCUT2D eigenvalue weighted by Gasteiger charge is -2.07. The Morgan fingerprint density at radius 2 is 2.05 bits per heavy atom. The Labute approximate surface area is 118 Å². The molecular formula is C13H18N4O2S. The summed E-state index contributed by atoms with van der Waals surface area (Å²) < 4.78 is 28.6. The van der Waals surface area contributed by atoms with Crippen molar-refractivity contribution in [3.05, 3.63) is 47.8 Å². The molecule has 7 heteroatoms. The smallest absolute Gasteiger partial charge is 0.240 e. The van der Waals surface area contributed by atoms with Crippen molar-refractivity contribution in [2.75, 3.05) is 7.05 Å². The van der Waals surface area contributed by atoms with Gasteiger partial charge in [0, 0.05) is 19.8 Å². The molecule has 0 unspecified atom stereocenters. The van der Waals surface area contributed by atoms with E-state index in [-0.39, 0.29) is 11.4 Å². The largest absolute Gasteiger partial charge is 0.316 e. The molecule has 6 nitrogen and oxygen atoms in total. The van der Waals surface area contributed by atoms with E-state index in [2.05, 4.69) is 15.1 Å². The molecule has 1 aromatic heterocycles. The first kappa shape index (κ1) is 14.7. The molecule has 0 amide bonds. The molecule has 2 aromatic rings. The van der Waals surface area contributed by atoms with Crippen molar-refractivity contribution in [2.45, 2.75) is 18.0 Å². The number of benzene rings is 1. The zero-order valence-corrected chi connectivity index (χ0v) is 12.3. The Kier molecular flexibility index (Phi) is 4.53. The van der Waals surface area contributed by atoms with E-state index in [0.29, 0.717) is 12.2 Å². The van der Waals surface area contributed by atoms with Crippen molar-refractivity contribution in [1.29, 1.82) is 0 Å². The minimum atomic E-state index is -3.52. The predicted octanol–water partition coefficient (Wildman–Crippen LogP) is 0.618. The van der Waals surface area contributed by atoms with Gasteiger partial charge in [0.2, 0.25) is 10.0 Å². The quantitative estimate of drug-likeness (QED) is 0.819. The fourth-order valence-corrected chi connectivity index (χ4v) is 2.91. The molecule has 0 saturated heterocycles. The Hall–Kier alpha value is -1.70. The number of rotatable bonds is 6. The van der Waals surface area contributed by atoms with E-state index in [0.717, 1.165) is 5.56 Å². The minimum absolute atomic E-state index is 0.180. The van der Waals surface area contributed by atoms with E-state index in [1.165, 1.54) is 0 Å². The summed E-state index contributed by atoms with van der Waals surface area (Å²) in [5, 5.41) is 7.13. The highest BCUT2D eigenvalue weighted by molar-refractivity contribution is 7.89. The molecule has 0 radical (unpaired) electrons. The van der Waals surface area contributed by atoms with Crippen molar-refractivity contribution in [3.63, 3.8) is 0 Å². The third-order valence-electron chi connectivity index (χ3n) is 2.80. The number of aromatic nitrogens is 2. The molecule has 0 spiro atoms. The van der Waals surface area contributed by atoms with Crippen LogP contribution in [0.2, 0.25) is 0 Å². The van der Waals surface area contributed by atoms with Crippen LogP contribution in [0.25, 0.3) is 0 Å². The van der Waals surface area contributed by atoms with Crippen LogP contribution in [0.1, 0.15) is 11.3 Å². The summed E-state index contributed by atoms with van der Waals surface area (Å²) in [7, 11) is 0.0938. The standard InChI is InChI=1S/C13H18N4O2S/c1-14-9-11-4-3-5-13(8-11)20(18,19)15-10-12-6-7-17(2)16-12/h3-8,14-15H,9-10H2,1-2H3. The second-order valence-electron chi connectivity index (χ2n) is 4.48. The minimum Gasteiger partial charge on any atom is -0.316 e. The molecule has 20 heavy (non-hydrogen) atoms. The van der Waals surface area contributed by atoms with Crippen LogP contribution in [-0.2, 0) is 30.2 Å². The van der Waals surface area contributed by atoms with Crippen LogP contribution >= 0.6 is 0 Å². The van der Waals surface area contributed by atoms with Gasteiger partial charge in [-0.1, -0.05) is 12.1 Å². The molecule has 0 aliphatic rings. The molecule has 108 valence electrons. The zero-order chi connectivity index (χ0) is 14.6. The third-order valence-corrected chi connectivity index (χ3v) is 4.20. The van der Waals surface area contributed by atoms with Gasteiger partial charge in [-0.3, -0.25) is 4.68 Å². The highest BCUT2D eigenvalue weighted by atomic mass is 32.2. The molecule has 0 aliphatic carbocycles. The molecule has 2 rings (SSSR count). The number of hydrogen-bond donors (Lipinski definition) is 2. The van der Waals surface area contributed by atoms with Crippen LogP contribution in [0.3, 0.4) is 0 Å². The van der Waals surface area contributed by atoms with E-state index < -0.39 is 10.0 Å². The summed E-state index contributed by atoms with van der Waals surface area (Å²) in [6.45, 7) is 0.809. The van der Waals surface area contributed by atoms with Gasteiger partial charge >= 0.3 is 0 Å². The first-order valence-electron chi connectivity index (χ1n) is 6.23. The fraction of sp³-hybridized carbons (Fsp3) is 0.308. The molecule has 0 bridgehead atoms. The molecule has 0 saturated carbocycles. The summed E-state index contributed by atoms with van der Waals surface area (Å²) in [5.41, 5.74) is 1.61. The van der Waals surface area contributed by atoms with Crippen molar-refractivity contribution in [1.82, 2.24) is 19.8 Å². The lowest BCUT2D eigenvalue weighted by Crippen LogP contribution is -2.23. The van der Waals surface area contributed by atoms with Gasteiger partial charge < -0.3 is 5.32 Å². The highest BCUT2D eigenvalue weighted by Crippen LogP contribution is 2.12. The Balaban J connectivity index is 2.11. The average Bonchev–Trinajstić information content (AvgIpc) is 2.83. The van der Waals surface area contributed by atoms with Crippen molar-refractivity contribution >= 4 is 10.0 Å². The van der Waals surface area contributed by atoms with Gasteiger partial charge in [0.15, 0.2) is 0 Å². The van der Waals surface area contributed by atoms with Crippen molar-refractivity contribution < 1.29 is 8.42 Å². The number of hydrogen-bond acceptors (Lipinski definition) is 4. The molecule has 1 heterocycles. The van der Waals surface area contributed by atoms with Crippen LogP contribution in [0.5, 0.6) is 0 Å².